The van der Waals surface area contributed by atoms with Crippen molar-refractivity contribution >= 4 is 21.6 Å². The largest absolute Gasteiger partial charge is 0.261 e. The molecule has 1 aromatic heterocycles. The van der Waals surface area contributed by atoms with E-state index in [1.807, 2.05) is 0 Å². The van der Waals surface area contributed by atoms with Crippen LogP contribution in [0.15, 0.2) is 23.4 Å². The van der Waals surface area contributed by atoms with Gasteiger partial charge in [-0.25, -0.2) is 22.5 Å². The van der Waals surface area contributed by atoms with E-state index in [4.69, 9.17) is 11.6 Å². The summed E-state index contributed by atoms with van der Waals surface area (Å²) in [5, 5.41) is -0.599. The Bertz CT molecular complexity index is 449. The number of aromatic nitrogens is 1. The number of sulfonamides is 1. The summed E-state index contributed by atoms with van der Waals surface area (Å²) in [6.07, 6.45) is 1.75. The van der Waals surface area contributed by atoms with Gasteiger partial charge in [-0.3, -0.25) is 0 Å². The summed E-state index contributed by atoms with van der Waals surface area (Å²) in [5.74, 6) is -0.746. The van der Waals surface area contributed by atoms with Crippen LogP contribution in [0.4, 0.5) is 4.39 Å². The maximum Gasteiger partial charge on any atom is 0.261 e. The van der Waals surface area contributed by atoms with Crippen LogP contribution in [0.2, 0.25) is 0 Å². The highest BCUT2D eigenvalue weighted by Gasteiger charge is 2.23. The first-order valence-electron chi connectivity index (χ1n) is 4.70. The summed E-state index contributed by atoms with van der Waals surface area (Å²) < 4.78 is 38.9. The molecule has 0 spiro atoms. The van der Waals surface area contributed by atoms with Gasteiger partial charge in [0, 0.05) is 18.1 Å². The number of rotatable bonds is 5. The third-order valence-corrected chi connectivity index (χ3v) is 3.81. The molecule has 0 aliphatic carbocycles. The molecule has 1 atom stereocenters. The number of halogens is 2. The SMILES string of the molecule is CCC(CCl)NS(=O)(=O)c1ncccc1F. The molecule has 0 bridgehead atoms. The molecule has 1 aromatic rings. The van der Waals surface area contributed by atoms with Gasteiger partial charge in [0.2, 0.25) is 5.03 Å². The van der Waals surface area contributed by atoms with Crippen molar-refractivity contribution in [2.24, 2.45) is 0 Å². The summed E-state index contributed by atoms with van der Waals surface area (Å²) in [4.78, 5) is 3.50. The van der Waals surface area contributed by atoms with Crippen molar-refractivity contribution < 1.29 is 12.8 Å². The van der Waals surface area contributed by atoms with E-state index in [2.05, 4.69) is 9.71 Å². The minimum absolute atomic E-state index is 0.129. The van der Waals surface area contributed by atoms with Gasteiger partial charge in [-0.05, 0) is 18.6 Å². The van der Waals surface area contributed by atoms with Gasteiger partial charge in [0.15, 0.2) is 5.82 Å². The fourth-order valence-electron chi connectivity index (χ4n) is 1.07. The summed E-state index contributed by atoms with van der Waals surface area (Å²) in [5.41, 5.74) is 0. The first-order valence-corrected chi connectivity index (χ1v) is 6.71. The number of alkyl halides is 1. The van der Waals surface area contributed by atoms with Gasteiger partial charge in [0.05, 0.1) is 0 Å². The molecule has 0 amide bonds. The molecule has 0 saturated carbocycles. The Balaban J connectivity index is 2.99. The number of nitrogens with one attached hydrogen (secondary N) is 1. The lowest BCUT2D eigenvalue weighted by atomic mass is 10.3. The fourth-order valence-corrected chi connectivity index (χ4v) is 2.78. The fraction of sp³-hybridized carbons (Fsp3) is 0.444. The van der Waals surface area contributed by atoms with Crippen molar-refractivity contribution in [1.82, 2.24) is 9.71 Å². The molecule has 0 aliphatic heterocycles. The van der Waals surface area contributed by atoms with Crippen molar-refractivity contribution in [2.45, 2.75) is 24.4 Å². The van der Waals surface area contributed by atoms with Gasteiger partial charge in [0.25, 0.3) is 10.0 Å². The predicted octanol–water partition coefficient (Wildman–Crippen LogP) is 1.52. The quantitative estimate of drug-likeness (QED) is 0.822. The van der Waals surface area contributed by atoms with Crippen LogP contribution in [0, 0.1) is 5.82 Å². The number of nitrogens with zero attached hydrogens (tertiary/aromatic N) is 1. The van der Waals surface area contributed by atoms with Crippen LogP contribution < -0.4 is 4.72 Å². The van der Waals surface area contributed by atoms with Gasteiger partial charge in [-0.15, -0.1) is 11.6 Å². The number of pyridine rings is 1. The summed E-state index contributed by atoms with van der Waals surface area (Å²) in [6.45, 7) is 1.78. The Morgan fingerprint density at radius 2 is 2.31 bits per heavy atom. The Morgan fingerprint density at radius 3 is 2.81 bits per heavy atom. The van der Waals surface area contributed by atoms with Gasteiger partial charge in [-0.2, -0.15) is 0 Å². The summed E-state index contributed by atoms with van der Waals surface area (Å²) >= 11 is 5.56. The lowest BCUT2D eigenvalue weighted by Gasteiger charge is -2.13. The molecule has 1 N–H and O–H groups in total. The maximum absolute atomic E-state index is 13.2. The zero-order chi connectivity index (χ0) is 12.2. The lowest BCUT2D eigenvalue weighted by molar-refractivity contribution is 0.530. The van der Waals surface area contributed by atoms with E-state index < -0.39 is 26.9 Å². The molecular formula is C9H12ClFN2O2S. The highest BCUT2D eigenvalue weighted by atomic mass is 35.5. The van der Waals surface area contributed by atoms with E-state index >= 15 is 0 Å². The minimum Gasteiger partial charge on any atom is -0.241 e. The topological polar surface area (TPSA) is 59.1 Å². The van der Waals surface area contributed by atoms with E-state index in [9.17, 15) is 12.8 Å². The molecule has 1 unspecified atom stereocenters. The van der Waals surface area contributed by atoms with Gasteiger partial charge < -0.3 is 0 Å². The predicted molar refractivity (Wildman–Crippen MR) is 59.3 cm³/mol. The average molecular weight is 267 g/mol. The van der Waals surface area contributed by atoms with Crippen LogP contribution in [-0.2, 0) is 10.0 Å². The molecule has 0 fully saturated rings. The molecule has 4 nitrogen and oxygen atoms in total. The molecule has 0 radical (unpaired) electrons. The highest BCUT2D eigenvalue weighted by Crippen LogP contribution is 2.11. The molecule has 16 heavy (non-hydrogen) atoms. The molecule has 90 valence electrons. The maximum atomic E-state index is 13.2. The van der Waals surface area contributed by atoms with Crippen LogP contribution in [0.1, 0.15) is 13.3 Å². The Morgan fingerprint density at radius 1 is 1.62 bits per heavy atom. The molecular weight excluding hydrogens is 255 g/mol. The smallest absolute Gasteiger partial charge is 0.241 e. The van der Waals surface area contributed by atoms with Crippen molar-refractivity contribution in [3.63, 3.8) is 0 Å². The second kappa shape index (κ2) is 5.56. The van der Waals surface area contributed by atoms with Crippen LogP contribution in [0.3, 0.4) is 0 Å². The molecule has 7 heteroatoms. The Labute approximate surface area is 98.9 Å². The second-order valence-corrected chi connectivity index (χ2v) is 5.11. The van der Waals surface area contributed by atoms with Crippen molar-refractivity contribution in [3.05, 3.63) is 24.1 Å². The Hall–Kier alpha value is -0.720. The highest BCUT2D eigenvalue weighted by molar-refractivity contribution is 7.89. The third kappa shape index (κ3) is 3.13. The van der Waals surface area contributed by atoms with Crippen LogP contribution >= 0.6 is 11.6 Å². The first kappa shape index (κ1) is 13.3. The Kier molecular flexibility index (Phi) is 4.64. The van der Waals surface area contributed by atoms with Crippen molar-refractivity contribution in [1.29, 1.82) is 0 Å². The van der Waals surface area contributed by atoms with Gasteiger partial charge in [-0.1, -0.05) is 6.92 Å². The normalized spacial score (nSPS) is 13.7. The molecule has 0 aliphatic rings. The lowest BCUT2D eigenvalue weighted by Crippen LogP contribution is -2.36. The second-order valence-electron chi connectivity index (χ2n) is 3.17. The summed E-state index contributed by atoms with van der Waals surface area (Å²) in [7, 11) is -3.93. The molecule has 0 aromatic carbocycles. The standard InChI is InChI=1S/C9H12ClFN2O2S/c1-2-7(6-10)13-16(14,15)9-8(11)4-3-5-12-9/h3-5,7,13H,2,6H2,1H3. The average Bonchev–Trinajstić information content (AvgIpc) is 2.26. The third-order valence-electron chi connectivity index (χ3n) is 1.98. The van der Waals surface area contributed by atoms with Crippen LogP contribution in [-0.4, -0.2) is 25.3 Å². The minimum atomic E-state index is -3.93. The number of hydrogen-bond donors (Lipinski definition) is 1. The monoisotopic (exact) mass is 266 g/mol. The zero-order valence-corrected chi connectivity index (χ0v) is 10.2. The van der Waals surface area contributed by atoms with Crippen LogP contribution in [0.5, 0.6) is 0 Å². The van der Waals surface area contributed by atoms with Crippen LogP contribution in [0.25, 0.3) is 0 Å². The first-order chi connectivity index (χ1) is 7.51. The van der Waals surface area contributed by atoms with Gasteiger partial charge >= 0.3 is 0 Å². The summed E-state index contributed by atoms with van der Waals surface area (Å²) in [6, 6.07) is 1.95. The molecule has 1 heterocycles. The van der Waals surface area contributed by atoms with Crippen molar-refractivity contribution in [2.75, 3.05) is 5.88 Å². The van der Waals surface area contributed by atoms with Crippen molar-refractivity contribution in [3.8, 4) is 0 Å². The van der Waals surface area contributed by atoms with E-state index in [1.165, 1.54) is 12.3 Å². The van der Waals surface area contributed by atoms with E-state index in [0.717, 1.165) is 6.07 Å². The van der Waals surface area contributed by atoms with Gasteiger partial charge in [0.1, 0.15) is 0 Å². The van der Waals surface area contributed by atoms with E-state index in [1.54, 1.807) is 6.92 Å². The molecule has 1 rings (SSSR count). The number of hydrogen-bond acceptors (Lipinski definition) is 3. The molecule has 0 saturated heterocycles. The van der Waals surface area contributed by atoms with E-state index in [0.29, 0.717) is 6.42 Å². The van der Waals surface area contributed by atoms with E-state index in [-0.39, 0.29) is 5.88 Å². The zero-order valence-electron chi connectivity index (χ0n) is 8.65.